The molecule has 1 rings (SSSR count). The second-order valence-corrected chi connectivity index (χ2v) is 4.67. The third-order valence-corrected chi connectivity index (χ3v) is 2.65. The van der Waals surface area contributed by atoms with E-state index < -0.39 is 0 Å². The minimum absolute atomic E-state index is 0.338. The molecule has 0 aliphatic rings. The Morgan fingerprint density at radius 3 is 2.47 bits per heavy atom. The van der Waals surface area contributed by atoms with Gasteiger partial charge in [-0.3, -0.25) is 4.99 Å². The zero-order valence-corrected chi connectivity index (χ0v) is 11.0. The summed E-state index contributed by atoms with van der Waals surface area (Å²) in [5, 5.41) is 3.08. The molecule has 0 saturated heterocycles. The van der Waals surface area contributed by atoms with Gasteiger partial charge < -0.3 is 11.1 Å². The topological polar surface area (TPSA) is 50.4 Å². The number of guanidine groups is 1. The molecule has 3 heteroatoms. The van der Waals surface area contributed by atoms with Gasteiger partial charge in [-0.2, -0.15) is 0 Å². The second kappa shape index (κ2) is 6.94. The van der Waals surface area contributed by atoms with Crippen molar-refractivity contribution in [3.05, 3.63) is 35.9 Å². The molecular formula is C14H23N3. The maximum absolute atomic E-state index is 5.74. The molecule has 0 spiro atoms. The smallest absolute Gasteiger partial charge is 0.188 e. The van der Waals surface area contributed by atoms with E-state index in [2.05, 4.69) is 55.3 Å². The number of nitrogens with one attached hydrogen (secondary N) is 1. The Morgan fingerprint density at radius 1 is 1.24 bits per heavy atom. The third-order valence-electron chi connectivity index (χ3n) is 2.65. The molecule has 1 unspecified atom stereocenters. The lowest BCUT2D eigenvalue weighted by Crippen LogP contribution is -2.36. The van der Waals surface area contributed by atoms with Gasteiger partial charge in [0.1, 0.15) is 0 Å². The molecule has 0 aliphatic heterocycles. The van der Waals surface area contributed by atoms with Gasteiger partial charge in [0.15, 0.2) is 5.96 Å². The lowest BCUT2D eigenvalue weighted by Gasteiger charge is -2.11. The van der Waals surface area contributed by atoms with Crippen molar-refractivity contribution in [2.24, 2.45) is 10.7 Å². The lowest BCUT2D eigenvalue weighted by molar-refractivity contribution is 0.679. The molecule has 3 N–H and O–H groups in total. The number of nitrogens with zero attached hydrogens (tertiary/aromatic N) is 1. The first-order chi connectivity index (χ1) is 8.09. The fraction of sp³-hybridized carbons (Fsp3) is 0.500. The zero-order chi connectivity index (χ0) is 12.7. The predicted molar refractivity (Wildman–Crippen MR) is 74.2 cm³/mol. The number of rotatable bonds is 5. The largest absolute Gasteiger partial charge is 0.370 e. The molecule has 0 saturated carbocycles. The Kier molecular flexibility index (Phi) is 5.53. The van der Waals surface area contributed by atoms with Crippen LogP contribution in [0.4, 0.5) is 0 Å². The fourth-order valence-electron chi connectivity index (χ4n) is 1.67. The van der Waals surface area contributed by atoms with Crippen LogP contribution in [0, 0.1) is 0 Å². The third kappa shape index (κ3) is 5.38. The summed E-state index contributed by atoms with van der Waals surface area (Å²) >= 11 is 0. The first kappa shape index (κ1) is 13.6. The van der Waals surface area contributed by atoms with Crippen LogP contribution in [0.2, 0.25) is 0 Å². The minimum atomic E-state index is 0.338. The summed E-state index contributed by atoms with van der Waals surface area (Å²) in [5.41, 5.74) is 7.10. The van der Waals surface area contributed by atoms with Crippen LogP contribution >= 0.6 is 0 Å². The van der Waals surface area contributed by atoms with Gasteiger partial charge in [-0.05, 0) is 31.7 Å². The van der Waals surface area contributed by atoms with Gasteiger partial charge in [-0.15, -0.1) is 0 Å². The van der Waals surface area contributed by atoms with Crippen LogP contribution in [0.5, 0.6) is 0 Å². The van der Waals surface area contributed by atoms with E-state index in [4.69, 9.17) is 5.73 Å². The zero-order valence-electron chi connectivity index (χ0n) is 11.0. The summed E-state index contributed by atoms with van der Waals surface area (Å²) in [6.07, 6.45) is 1.02. The first-order valence-corrected chi connectivity index (χ1v) is 6.21. The number of aliphatic imine (C=N–C) groups is 1. The number of hydrogen-bond donors (Lipinski definition) is 2. The van der Waals surface area contributed by atoms with Crippen molar-refractivity contribution in [2.75, 3.05) is 6.54 Å². The molecule has 0 bridgehead atoms. The lowest BCUT2D eigenvalue weighted by atomic mass is 9.98. The fourth-order valence-corrected chi connectivity index (χ4v) is 1.67. The van der Waals surface area contributed by atoms with Gasteiger partial charge >= 0.3 is 0 Å². The highest BCUT2D eigenvalue weighted by Crippen LogP contribution is 2.17. The summed E-state index contributed by atoms with van der Waals surface area (Å²) in [5.74, 6) is 1.06. The monoisotopic (exact) mass is 233 g/mol. The first-order valence-electron chi connectivity index (χ1n) is 6.21. The van der Waals surface area contributed by atoms with E-state index in [9.17, 15) is 0 Å². The maximum Gasteiger partial charge on any atom is 0.188 e. The molecule has 0 heterocycles. The molecule has 0 radical (unpaired) electrons. The van der Waals surface area contributed by atoms with Crippen molar-refractivity contribution in [1.82, 2.24) is 5.32 Å². The van der Waals surface area contributed by atoms with Crippen LogP contribution in [-0.4, -0.2) is 18.5 Å². The van der Waals surface area contributed by atoms with E-state index in [0.717, 1.165) is 13.0 Å². The predicted octanol–water partition coefficient (Wildman–Crippen LogP) is 2.49. The molecule has 3 nitrogen and oxygen atoms in total. The molecule has 17 heavy (non-hydrogen) atoms. The SMILES string of the molecule is CC(C)NC(N)=NCCC(C)c1ccccc1. The average molecular weight is 233 g/mol. The van der Waals surface area contributed by atoms with Gasteiger partial charge in [-0.1, -0.05) is 37.3 Å². The summed E-state index contributed by atoms with van der Waals surface area (Å²) in [6, 6.07) is 10.8. The normalized spacial score (nSPS) is 13.8. The van der Waals surface area contributed by atoms with Crippen molar-refractivity contribution in [3.8, 4) is 0 Å². The minimum Gasteiger partial charge on any atom is -0.370 e. The number of benzene rings is 1. The highest BCUT2D eigenvalue weighted by molar-refractivity contribution is 5.78. The summed E-state index contributed by atoms with van der Waals surface area (Å²) in [4.78, 5) is 4.31. The molecule has 1 aromatic rings. The van der Waals surface area contributed by atoms with E-state index in [1.807, 2.05) is 6.07 Å². The van der Waals surface area contributed by atoms with Crippen LogP contribution < -0.4 is 11.1 Å². The molecule has 0 aliphatic carbocycles. The highest BCUT2D eigenvalue weighted by Gasteiger charge is 2.03. The van der Waals surface area contributed by atoms with Crippen molar-refractivity contribution >= 4 is 5.96 Å². The Bertz CT molecular complexity index is 344. The van der Waals surface area contributed by atoms with E-state index in [-0.39, 0.29) is 0 Å². The Morgan fingerprint density at radius 2 is 1.88 bits per heavy atom. The molecule has 0 amide bonds. The Hall–Kier alpha value is -1.51. The van der Waals surface area contributed by atoms with E-state index in [1.165, 1.54) is 5.56 Å². The van der Waals surface area contributed by atoms with Crippen LogP contribution in [0.3, 0.4) is 0 Å². The Labute approximate surface area is 104 Å². The van der Waals surface area contributed by atoms with Crippen molar-refractivity contribution in [2.45, 2.75) is 39.2 Å². The number of hydrogen-bond acceptors (Lipinski definition) is 1. The van der Waals surface area contributed by atoms with E-state index in [1.54, 1.807) is 0 Å². The van der Waals surface area contributed by atoms with Gasteiger partial charge in [0.2, 0.25) is 0 Å². The molecule has 0 aromatic heterocycles. The number of nitrogens with two attached hydrogens (primary N) is 1. The summed E-state index contributed by atoms with van der Waals surface area (Å²) in [7, 11) is 0. The van der Waals surface area contributed by atoms with E-state index >= 15 is 0 Å². The second-order valence-electron chi connectivity index (χ2n) is 4.67. The van der Waals surface area contributed by atoms with Crippen molar-refractivity contribution in [3.63, 3.8) is 0 Å². The van der Waals surface area contributed by atoms with Crippen molar-refractivity contribution < 1.29 is 0 Å². The van der Waals surface area contributed by atoms with E-state index in [0.29, 0.717) is 17.9 Å². The van der Waals surface area contributed by atoms with Crippen LogP contribution in [0.15, 0.2) is 35.3 Å². The maximum atomic E-state index is 5.74. The van der Waals surface area contributed by atoms with Gasteiger partial charge in [0, 0.05) is 12.6 Å². The standard InChI is InChI=1S/C14H23N3/c1-11(2)17-14(15)16-10-9-12(3)13-7-5-4-6-8-13/h4-8,11-12H,9-10H2,1-3H3,(H3,15,16,17). The van der Waals surface area contributed by atoms with Crippen LogP contribution in [-0.2, 0) is 0 Å². The summed E-state index contributed by atoms with van der Waals surface area (Å²) < 4.78 is 0. The average Bonchev–Trinajstić information content (AvgIpc) is 2.29. The molecule has 1 atom stereocenters. The molecule has 94 valence electrons. The van der Waals surface area contributed by atoms with Crippen LogP contribution in [0.1, 0.15) is 38.7 Å². The van der Waals surface area contributed by atoms with Gasteiger partial charge in [-0.25, -0.2) is 0 Å². The molecule has 1 aromatic carbocycles. The Balaban J connectivity index is 2.36. The summed E-state index contributed by atoms with van der Waals surface area (Å²) in [6.45, 7) is 7.09. The molecular weight excluding hydrogens is 210 g/mol. The van der Waals surface area contributed by atoms with Gasteiger partial charge in [0.25, 0.3) is 0 Å². The highest BCUT2D eigenvalue weighted by atomic mass is 15.1. The van der Waals surface area contributed by atoms with Crippen LogP contribution in [0.25, 0.3) is 0 Å². The molecule has 0 fully saturated rings. The van der Waals surface area contributed by atoms with Gasteiger partial charge in [0.05, 0.1) is 0 Å². The quantitative estimate of drug-likeness (QED) is 0.606. The van der Waals surface area contributed by atoms with Crippen molar-refractivity contribution in [1.29, 1.82) is 0 Å².